The SMILES string of the molecule is COc1cc2c(cc1F)NC(=O)CN2. The molecular weight excluding hydrogens is 187 g/mol. The summed E-state index contributed by atoms with van der Waals surface area (Å²) in [5, 5.41) is 5.41. The van der Waals surface area contributed by atoms with Crippen molar-refractivity contribution in [1.82, 2.24) is 0 Å². The van der Waals surface area contributed by atoms with Gasteiger partial charge in [0.2, 0.25) is 5.91 Å². The summed E-state index contributed by atoms with van der Waals surface area (Å²) >= 11 is 0. The van der Waals surface area contributed by atoms with E-state index in [4.69, 9.17) is 4.74 Å². The third kappa shape index (κ3) is 1.37. The van der Waals surface area contributed by atoms with Crippen molar-refractivity contribution < 1.29 is 13.9 Å². The van der Waals surface area contributed by atoms with Crippen molar-refractivity contribution in [1.29, 1.82) is 0 Å². The van der Waals surface area contributed by atoms with Crippen LogP contribution >= 0.6 is 0 Å². The molecule has 0 radical (unpaired) electrons. The summed E-state index contributed by atoms with van der Waals surface area (Å²) in [6.07, 6.45) is 0. The van der Waals surface area contributed by atoms with Gasteiger partial charge in [0.1, 0.15) is 0 Å². The number of methoxy groups -OCH3 is 1. The van der Waals surface area contributed by atoms with Gasteiger partial charge in [0.15, 0.2) is 11.6 Å². The zero-order chi connectivity index (χ0) is 10.1. The molecule has 2 rings (SSSR count). The Bertz CT molecular complexity index is 393. The zero-order valence-corrected chi connectivity index (χ0v) is 7.56. The van der Waals surface area contributed by atoms with E-state index >= 15 is 0 Å². The quantitative estimate of drug-likeness (QED) is 0.709. The highest BCUT2D eigenvalue weighted by atomic mass is 19.1. The molecule has 0 saturated heterocycles. The average molecular weight is 196 g/mol. The molecule has 4 nitrogen and oxygen atoms in total. The van der Waals surface area contributed by atoms with Gasteiger partial charge in [-0.1, -0.05) is 0 Å². The van der Waals surface area contributed by atoms with Gasteiger partial charge < -0.3 is 15.4 Å². The Labute approximate surface area is 80.1 Å². The Morgan fingerprint density at radius 2 is 2.21 bits per heavy atom. The molecule has 14 heavy (non-hydrogen) atoms. The standard InChI is InChI=1S/C9H9FN2O2/c1-14-8-3-6-7(2-5(8)10)12-9(13)4-11-6/h2-3,11H,4H2,1H3,(H,12,13). The molecule has 1 heterocycles. The fourth-order valence-electron chi connectivity index (χ4n) is 1.33. The van der Waals surface area contributed by atoms with E-state index in [2.05, 4.69) is 10.6 Å². The third-order valence-corrected chi connectivity index (χ3v) is 2.01. The predicted molar refractivity (Wildman–Crippen MR) is 50.1 cm³/mol. The minimum absolute atomic E-state index is 0.160. The van der Waals surface area contributed by atoms with Crippen LogP contribution in [0.1, 0.15) is 0 Å². The molecule has 1 aliphatic heterocycles. The Morgan fingerprint density at radius 1 is 1.43 bits per heavy atom. The number of fused-ring (bicyclic) bond motifs is 1. The lowest BCUT2D eigenvalue weighted by Gasteiger charge is -2.19. The van der Waals surface area contributed by atoms with Crippen molar-refractivity contribution in [2.45, 2.75) is 0 Å². The molecule has 1 aromatic rings. The summed E-state index contributed by atoms with van der Waals surface area (Å²) in [4.78, 5) is 11.0. The van der Waals surface area contributed by atoms with E-state index in [0.717, 1.165) is 0 Å². The maximum absolute atomic E-state index is 13.2. The molecule has 0 fully saturated rings. The number of carbonyl (C=O) groups is 1. The molecule has 0 atom stereocenters. The van der Waals surface area contributed by atoms with Crippen LogP contribution in [0.25, 0.3) is 0 Å². The lowest BCUT2D eigenvalue weighted by atomic mass is 10.2. The number of rotatable bonds is 1. The van der Waals surface area contributed by atoms with Crippen LogP contribution in [-0.2, 0) is 4.79 Å². The Kier molecular flexibility index (Phi) is 1.99. The van der Waals surface area contributed by atoms with Crippen LogP contribution in [0.4, 0.5) is 15.8 Å². The van der Waals surface area contributed by atoms with E-state index in [9.17, 15) is 9.18 Å². The molecule has 0 aromatic heterocycles. The number of ether oxygens (including phenoxy) is 1. The number of hydrogen-bond acceptors (Lipinski definition) is 3. The summed E-state index contributed by atoms with van der Waals surface area (Å²) in [7, 11) is 1.40. The Balaban J connectivity index is 2.45. The summed E-state index contributed by atoms with van der Waals surface area (Å²) in [5.41, 5.74) is 1.11. The average Bonchev–Trinajstić information content (AvgIpc) is 2.16. The van der Waals surface area contributed by atoms with Crippen molar-refractivity contribution in [3.63, 3.8) is 0 Å². The van der Waals surface area contributed by atoms with Crippen molar-refractivity contribution in [2.24, 2.45) is 0 Å². The van der Waals surface area contributed by atoms with Gasteiger partial charge in [0.25, 0.3) is 0 Å². The van der Waals surface area contributed by atoms with Crippen molar-refractivity contribution in [2.75, 3.05) is 24.3 Å². The molecule has 1 amide bonds. The molecule has 0 saturated carbocycles. The van der Waals surface area contributed by atoms with Crippen molar-refractivity contribution in [3.8, 4) is 5.75 Å². The molecule has 1 aromatic carbocycles. The number of carbonyl (C=O) groups excluding carboxylic acids is 1. The third-order valence-electron chi connectivity index (χ3n) is 2.01. The molecule has 0 aliphatic carbocycles. The highest BCUT2D eigenvalue weighted by Crippen LogP contribution is 2.31. The number of benzene rings is 1. The molecule has 0 bridgehead atoms. The van der Waals surface area contributed by atoms with Gasteiger partial charge in [0, 0.05) is 12.1 Å². The van der Waals surface area contributed by atoms with Gasteiger partial charge in [-0.25, -0.2) is 4.39 Å². The topological polar surface area (TPSA) is 50.4 Å². The Morgan fingerprint density at radius 3 is 2.93 bits per heavy atom. The van der Waals surface area contributed by atoms with Crippen molar-refractivity contribution in [3.05, 3.63) is 17.9 Å². The van der Waals surface area contributed by atoms with E-state index < -0.39 is 5.82 Å². The first-order chi connectivity index (χ1) is 6.70. The van der Waals surface area contributed by atoms with Gasteiger partial charge in [-0.2, -0.15) is 0 Å². The zero-order valence-electron chi connectivity index (χ0n) is 7.56. The molecular formula is C9H9FN2O2. The summed E-state index contributed by atoms with van der Waals surface area (Å²) in [6, 6.07) is 2.75. The van der Waals surface area contributed by atoms with Gasteiger partial charge in [-0.3, -0.25) is 4.79 Å². The van der Waals surface area contributed by atoms with Gasteiger partial charge in [0.05, 0.1) is 25.0 Å². The number of halogens is 1. The van der Waals surface area contributed by atoms with Crippen LogP contribution in [0.2, 0.25) is 0 Å². The van der Waals surface area contributed by atoms with Gasteiger partial charge in [-0.05, 0) is 0 Å². The number of anilines is 2. The van der Waals surface area contributed by atoms with Crippen LogP contribution in [0.5, 0.6) is 5.75 Å². The van der Waals surface area contributed by atoms with Crippen LogP contribution in [-0.4, -0.2) is 19.6 Å². The highest BCUT2D eigenvalue weighted by molar-refractivity contribution is 6.00. The van der Waals surface area contributed by atoms with E-state index in [1.165, 1.54) is 19.2 Å². The summed E-state index contributed by atoms with van der Waals surface area (Å²) < 4.78 is 18.0. The molecule has 74 valence electrons. The first-order valence-corrected chi connectivity index (χ1v) is 4.12. The lowest BCUT2D eigenvalue weighted by Crippen LogP contribution is -2.27. The molecule has 5 heteroatoms. The maximum Gasteiger partial charge on any atom is 0.243 e. The normalized spacial score (nSPS) is 14.0. The van der Waals surface area contributed by atoms with E-state index in [1.807, 2.05) is 0 Å². The van der Waals surface area contributed by atoms with E-state index in [0.29, 0.717) is 11.4 Å². The smallest absolute Gasteiger partial charge is 0.243 e. The minimum atomic E-state index is -0.491. The number of amides is 1. The van der Waals surface area contributed by atoms with Gasteiger partial charge >= 0.3 is 0 Å². The van der Waals surface area contributed by atoms with Crippen LogP contribution in [0.15, 0.2) is 12.1 Å². The second-order valence-corrected chi connectivity index (χ2v) is 2.93. The first-order valence-electron chi connectivity index (χ1n) is 4.12. The van der Waals surface area contributed by atoms with Crippen LogP contribution in [0, 0.1) is 5.82 Å². The van der Waals surface area contributed by atoms with Gasteiger partial charge in [-0.15, -0.1) is 0 Å². The lowest BCUT2D eigenvalue weighted by molar-refractivity contribution is -0.114. The minimum Gasteiger partial charge on any atom is -0.494 e. The Hall–Kier alpha value is -1.78. The first kappa shape index (κ1) is 8.80. The van der Waals surface area contributed by atoms with E-state index in [-0.39, 0.29) is 18.2 Å². The van der Waals surface area contributed by atoms with Crippen LogP contribution < -0.4 is 15.4 Å². The monoisotopic (exact) mass is 196 g/mol. The largest absolute Gasteiger partial charge is 0.494 e. The fraction of sp³-hybridized carbons (Fsp3) is 0.222. The fourth-order valence-corrected chi connectivity index (χ4v) is 1.33. The van der Waals surface area contributed by atoms with Crippen LogP contribution in [0.3, 0.4) is 0 Å². The summed E-state index contributed by atoms with van der Waals surface area (Å²) in [5.74, 6) is -0.510. The van der Waals surface area contributed by atoms with Crippen molar-refractivity contribution >= 4 is 17.3 Å². The second-order valence-electron chi connectivity index (χ2n) is 2.93. The van der Waals surface area contributed by atoms with E-state index in [1.54, 1.807) is 0 Å². The second kappa shape index (κ2) is 3.17. The maximum atomic E-state index is 13.2. The number of nitrogens with one attached hydrogen (secondary N) is 2. The summed E-state index contributed by atoms with van der Waals surface area (Å²) in [6.45, 7) is 0.196. The number of hydrogen-bond donors (Lipinski definition) is 2. The highest BCUT2D eigenvalue weighted by Gasteiger charge is 2.16. The molecule has 0 unspecified atom stereocenters. The molecule has 0 spiro atoms. The predicted octanol–water partition coefficient (Wildman–Crippen LogP) is 1.20. The molecule has 2 N–H and O–H groups in total. The molecule has 1 aliphatic rings.